The van der Waals surface area contributed by atoms with E-state index >= 15 is 0 Å². The molecule has 1 atom stereocenters. The number of carbonyl (C=O) groups is 1. The molecule has 1 unspecified atom stereocenters. The Hall–Kier alpha value is -0.232. The van der Waals surface area contributed by atoms with E-state index in [2.05, 4.69) is 0 Å². The molecule has 0 spiro atoms. The molecule has 0 aliphatic rings. The van der Waals surface area contributed by atoms with Crippen molar-refractivity contribution in [1.82, 2.24) is 0 Å². The third kappa shape index (κ3) is 7.77. The second-order valence-electron chi connectivity index (χ2n) is 1.67. The van der Waals surface area contributed by atoms with Gasteiger partial charge < -0.3 is 0 Å². The summed E-state index contributed by atoms with van der Waals surface area (Å²) in [7, 11) is 0. The third-order valence-electron chi connectivity index (χ3n) is 0.835. The van der Waals surface area contributed by atoms with E-state index in [0.717, 1.165) is 12.8 Å². The number of rotatable bonds is 4. The van der Waals surface area contributed by atoms with Crippen LogP contribution in [0.25, 0.3) is 0 Å². The zero-order chi connectivity index (χ0) is 7.11. The second-order valence-corrected chi connectivity index (χ2v) is 2.88. The number of aliphatic carboxylic acids is 1. The zero-order valence-electron chi connectivity index (χ0n) is 5.21. The van der Waals surface area contributed by atoms with Gasteiger partial charge in [-0.15, -0.1) is 0 Å². The van der Waals surface area contributed by atoms with Gasteiger partial charge in [0.05, 0.1) is 0 Å². The fraction of sp³-hybridized carbons (Fsp3) is 0.500. The van der Waals surface area contributed by atoms with Gasteiger partial charge in [-0.1, -0.05) is 0 Å². The van der Waals surface area contributed by atoms with Gasteiger partial charge in [0.15, 0.2) is 0 Å². The van der Waals surface area contributed by atoms with E-state index in [1.807, 2.05) is 0 Å². The quantitative estimate of drug-likeness (QED) is 0.397. The van der Waals surface area contributed by atoms with Crippen LogP contribution in [0.1, 0.15) is 12.8 Å². The molecule has 3 heteroatoms. The maximum atomic E-state index is 9.88. The van der Waals surface area contributed by atoms with Crippen LogP contribution in [0, 0.1) is 0 Å². The van der Waals surface area contributed by atoms with Gasteiger partial charge in [0.2, 0.25) is 0 Å². The standard InChI is InChI=1S/C6H11AsO2/c7-5-3-1-2-4-6(8)9/h2,4H,1,3,5,7H2,(H,8,9)/b4-2+. The van der Waals surface area contributed by atoms with Gasteiger partial charge in [0.1, 0.15) is 0 Å². The molecule has 52 valence electrons. The molecule has 0 fully saturated rings. The summed E-state index contributed by atoms with van der Waals surface area (Å²) in [6.07, 6.45) is 4.89. The van der Waals surface area contributed by atoms with E-state index < -0.39 is 5.97 Å². The first-order valence-electron chi connectivity index (χ1n) is 2.87. The second kappa shape index (κ2) is 5.90. The summed E-state index contributed by atoms with van der Waals surface area (Å²) >= 11 is 1.69. The maximum absolute atomic E-state index is 9.88. The molecule has 0 saturated carbocycles. The van der Waals surface area contributed by atoms with Crippen LogP contribution in [0.2, 0.25) is 5.21 Å². The number of hydrogen-bond donors (Lipinski definition) is 1. The predicted molar refractivity (Wildman–Crippen MR) is 39.4 cm³/mol. The molecular formula is C6H11AsO2. The summed E-state index contributed by atoms with van der Waals surface area (Å²) in [6.45, 7) is 0. The van der Waals surface area contributed by atoms with Gasteiger partial charge >= 0.3 is 62.9 Å². The SMILES string of the molecule is O=C(O)/C=C/CCC[AsH2]. The Kier molecular flexibility index (Phi) is 5.75. The normalized spacial score (nSPS) is 10.3. The molecule has 0 aromatic heterocycles. The predicted octanol–water partition coefficient (Wildman–Crippen LogP) is 0.459. The van der Waals surface area contributed by atoms with Crippen LogP contribution >= 0.6 is 0 Å². The van der Waals surface area contributed by atoms with Crippen LogP contribution in [0.3, 0.4) is 0 Å². The minimum absolute atomic E-state index is 0.850. The first-order chi connectivity index (χ1) is 4.27. The third-order valence-corrected chi connectivity index (χ3v) is 1.69. The van der Waals surface area contributed by atoms with Crippen LogP contribution < -0.4 is 0 Å². The molecule has 0 amide bonds. The Labute approximate surface area is 63.5 Å². The molecule has 1 N–H and O–H groups in total. The summed E-state index contributed by atoms with van der Waals surface area (Å²) in [4.78, 5) is 9.88. The Morgan fingerprint density at radius 1 is 1.67 bits per heavy atom. The summed E-state index contributed by atoms with van der Waals surface area (Å²) in [5.41, 5.74) is 0. The Morgan fingerprint density at radius 2 is 2.33 bits per heavy atom. The first-order valence-corrected chi connectivity index (χ1v) is 4.58. The van der Waals surface area contributed by atoms with Gasteiger partial charge in [-0.05, 0) is 0 Å². The van der Waals surface area contributed by atoms with Gasteiger partial charge in [0.25, 0.3) is 0 Å². The Bertz CT molecular complexity index is 110. The van der Waals surface area contributed by atoms with Crippen LogP contribution in [-0.2, 0) is 4.79 Å². The van der Waals surface area contributed by atoms with Crippen molar-refractivity contribution in [3.8, 4) is 0 Å². The molecule has 0 aliphatic carbocycles. The average Bonchev–Trinajstić information content (AvgIpc) is 1.80. The van der Waals surface area contributed by atoms with Crippen LogP contribution in [-0.4, -0.2) is 27.9 Å². The van der Waals surface area contributed by atoms with E-state index in [-0.39, 0.29) is 0 Å². The van der Waals surface area contributed by atoms with Crippen LogP contribution in [0.15, 0.2) is 12.2 Å². The van der Waals surface area contributed by atoms with E-state index in [1.165, 1.54) is 11.3 Å². The van der Waals surface area contributed by atoms with Crippen molar-refractivity contribution in [1.29, 1.82) is 0 Å². The molecule has 0 aromatic rings. The molecule has 0 heterocycles. The van der Waals surface area contributed by atoms with Crippen molar-refractivity contribution in [3.05, 3.63) is 12.2 Å². The minimum atomic E-state index is -0.850. The molecule has 0 aromatic carbocycles. The molecule has 0 rings (SSSR count). The van der Waals surface area contributed by atoms with Crippen LogP contribution in [0.5, 0.6) is 0 Å². The molecule has 0 aliphatic heterocycles. The Morgan fingerprint density at radius 3 is 2.78 bits per heavy atom. The number of hydrogen-bond acceptors (Lipinski definition) is 1. The van der Waals surface area contributed by atoms with Crippen LogP contribution in [0.4, 0.5) is 0 Å². The number of allylic oxidation sites excluding steroid dienone is 1. The molecule has 2 nitrogen and oxygen atoms in total. The molecule has 0 saturated heterocycles. The van der Waals surface area contributed by atoms with Gasteiger partial charge in [-0.3, -0.25) is 0 Å². The Balaban J connectivity index is 3.15. The van der Waals surface area contributed by atoms with E-state index in [9.17, 15) is 4.79 Å². The first kappa shape index (κ1) is 8.77. The van der Waals surface area contributed by atoms with Gasteiger partial charge in [-0.25, -0.2) is 0 Å². The zero-order valence-corrected chi connectivity index (χ0v) is 7.63. The van der Waals surface area contributed by atoms with Gasteiger partial charge in [0, 0.05) is 0 Å². The molecule has 0 bridgehead atoms. The number of carboxylic acids is 1. The molecule has 9 heavy (non-hydrogen) atoms. The van der Waals surface area contributed by atoms with Crippen molar-refractivity contribution in [3.63, 3.8) is 0 Å². The van der Waals surface area contributed by atoms with Crippen molar-refractivity contribution < 1.29 is 9.90 Å². The van der Waals surface area contributed by atoms with Crippen molar-refractivity contribution in [2.24, 2.45) is 0 Å². The van der Waals surface area contributed by atoms with E-state index in [4.69, 9.17) is 5.11 Å². The van der Waals surface area contributed by atoms with Crippen molar-refractivity contribution in [2.75, 3.05) is 0 Å². The van der Waals surface area contributed by atoms with Crippen molar-refractivity contribution >= 4 is 22.8 Å². The molecule has 0 radical (unpaired) electrons. The number of unbranched alkanes of at least 4 members (excludes halogenated alkanes) is 1. The fourth-order valence-corrected chi connectivity index (χ4v) is 0.914. The topological polar surface area (TPSA) is 37.3 Å². The fourth-order valence-electron chi connectivity index (χ4n) is 0.420. The van der Waals surface area contributed by atoms with E-state index in [0.29, 0.717) is 0 Å². The molecular weight excluding hydrogens is 179 g/mol. The monoisotopic (exact) mass is 190 g/mol. The summed E-state index contributed by atoms with van der Waals surface area (Å²) < 4.78 is 0. The van der Waals surface area contributed by atoms with Gasteiger partial charge in [-0.2, -0.15) is 0 Å². The van der Waals surface area contributed by atoms with Crippen molar-refractivity contribution in [2.45, 2.75) is 18.1 Å². The summed E-state index contributed by atoms with van der Waals surface area (Å²) in [5, 5.41) is 9.31. The average molecular weight is 190 g/mol. The number of carboxylic acid groups (broad SMARTS) is 1. The van der Waals surface area contributed by atoms with E-state index in [1.54, 1.807) is 22.9 Å². The summed E-state index contributed by atoms with van der Waals surface area (Å²) in [5.74, 6) is -0.850. The summed E-state index contributed by atoms with van der Waals surface area (Å²) in [6, 6.07) is 0.